The summed E-state index contributed by atoms with van der Waals surface area (Å²) in [5.74, 6) is 0.424. The van der Waals surface area contributed by atoms with Gasteiger partial charge >= 0.3 is 0 Å². The maximum atomic E-state index is 11.6. The molecule has 1 saturated heterocycles. The molecule has 1 fully saturated rings. The van der Waals surface area contributed by atoms with E-state index in [-0.39, 0.29) is 6.04 Å². The van der Waals surface area contributed by atoms with Crippen LogP contribution in [0.4, 0.5) is 0 Å². The molecule has 1 rings (SSSR count). The van der Waals surface area contributed by atoms with Crippen molar-refractivity contribution >= 4 is 5.78 Å². The van der Waals surface area contributed by atoms with E-state index in [1.165, 1.54) is 12.8 Å². The summed E-state index contributed by atoms with van der Waals surface area (Å²) in [5.41, 5.74) is 0. The molecule has 1 heterocycles. The zero-order chi connectivity index (χ0) is 9.68. The molecular weight excluding hydrogens is 162 g/mol. The van der Waals surface area contributed by atoms with Gasteiger partial charge in [0.2, 0.25) is 0 Å². The summed E-state index contributed by atoms with van der Waals surface area (Å²) in [5, 5.41) is 3.38. The zero-order valence-corrected chi connectivity index (χ0v) is 8.81. The van der Waals surface area contributed by atoms with Crippen LogP contribution < -0.4 is 5.32 Å². The lowest BCUT2D eigenvalue weighted by atomic mass is 9.94. The number of Topliss-reactive ketones (excluding diaryl/α,β-unsaturated/α-hetero) is 1. The van der Waals surface area contributed by atoms with Gasteiger partial charge < -0.3 is 5.32 Å². The lowest BCUT2D eigenvalue weighted by Crippen LogP contribution is -2.45. The molecule has 2 heteroatoms. The largest absolute Gasteiger partial charge is 0.305 e. The first kappa shape index (κ1) is 10.7. The molecule has 2 nitrogen and oxygen atoms in total. The molecule has 0 amide bonds. The van der Waals surface area contributed by atoms with Crippen LogP contribution in [0.25, 0.3) is 0 Å². The van der Waals surface area contributed by atoms with E-state index in [4.69, 9.17) is 0 Å². The molecule has 0 aliphatic carbocycles. The first-order valence-corrected chi connectivity index (χ1v) is 5.52. The second-order valence-corrected chi connectivity index (χ2v) is 4.12. The lowest BCUT2D eigenvalue weighted by Gasteiger charge is -2.27. The summed E-state index contributed by atoms with van der Waals surface area (Å²) in [6.45, 7) is 4.30. The predicted molar refractivity (Wildman–Crippen MR) is 54.8 cm³/mol. The minimum absolute atomic E-state index is 0.162. The molecule has 0 aromatic heterocycles. The third kappa shape index (κ3) is 3.47. The van der Waals surface area contributed by atoms with Gasteiger partial charge in [-0.25, -0.2) is 0 Å². The Morgan fingerprint density at radius 3 is 2.85 bits per heavy atom. The number of carbonyl (C=O) groups is 1. The van der Waals surface area contributed by atoms with Crippen LogP contribution in [0.5, 0.6) is 0 Å². The van der Waals surface area contributed by atoms with Crippen molar-refractivity contribution in [2.24, 2.45) is 0 Å². The van der Waals surface area contributed by atoms with Gasteiger partial charge in [-0.15, -0.1) is 0 Å². The van der Waals surface area contributed by atoms with E-state index in [0.29, 0.717) is 11.8 Å². The van der Waals surface area contributed by atoms with E-state index in [0.717, 1.165) is 25.7 Å². The van der Waals surface area contributed by atoms with E-state index in [9.17, 15) is 4.79 Å². The fourth-order valence-electron chi connectivity index (χ4n) is 1.92. The molecule has 0 spiro atoms. The summed E-state index contributed by atoms with van der Waals surface area (Å²) >= 11 is 0. The van der Waals surface area contributed by atoms with Gasteiger partial charge in [-0.1, -0.05) is 13.3 Å². The van der Waals surface area contributed by atoms with Crippen LogP contribution in [-0.4, -0.2) is 17.9 Å². The minimum atomic E-state index is 0.162. The standard InChI is InChI=1S/C11H21NO/c1-3-4-8-11(13)10-7-5-6-9(2)12-10/h9-10,12H,3-8H2,1-2H3. The number of ketones is 1. The third-order valence-electron chi connectivity index (χ3n) is 2.78. The molecule has 2 unspecified atom stereocenters. The highest BCUT2D eigenvalue weighted by Crippen LogP contribution is 2.14. The molecule has 1 N–H and O–H groups in total. The highest BCUT2D eigenvalue weighted by atomic mass is 16.1. The van der Waals surface area contributed by atoms with E-state index in [2.05, 4.69) is 19.2 Å². The Kier molecular flexibility index (Phi) is 4.43. The van der Waals surface area contributed by atoms with E-state index < -0.39 is 0 Å². The van der Waals surface area contributed by atoms with Crippen LogP contribution in [0.3, 0.4) is 0 Å². The molecule has 13 heavy (non-hydrogen) atoms. The summed E-state index contributed by atoms with van der Waals surface area (Å²) < 4.78 is 0. The molecule has 0 aromatic carbocycles. The summed E-state index contributed by atoms with van der Waals surface area (Å²) in [6, 6.07) is 0.694. The second kappa shape index (κ2) is 5.38. The Bertz CT molecular complexity index is 167. The molecule has 0 radical (unpaired) electrons. The van der Waals surface area contributed by atoms with E-state index in [1.54, 1.807) is 0 Å². The zero-order valence-electron chi connectivity index (χ0n) is 8.81. The maximum absolute atomic E-state index is 11.6. The van der Waals surface area contributed by atoms with Crippen molar-refractivity contribution in [1.82, 2.24) is 5.32 Å². The Morgan fingerprint density at radius 1 is 1.46 bits per heavy atom. The Hall–Kier alpha value is -0.370. The Morgan fingerprint density at radius 2 is 2.23 bits per heavy atom. The molecule has 1 aliphatic heterocycles. The van der Waals surface area contributed by atoms with Crippen molar-refractivity contribution in [3.63, 3.8) is 0 Å². The predicted octanol–water partition coefficient (Wildman–Crippen LogP) is 2.28. The van der Waals surface area contributed by atoms with Crippen molar-refractivity contribution in [3.8, 4) is 0 Å². The van der Waals surface area contributed by atoms with E-state index >= 15 is 0 Å². The highest BCUT2D eigenvalue weighted by molar-refractivity contribution is 5.84. The number of hydrogen-bond acceptors (Lipinski definition) is 2. The van der Waals surface area contributed by atoms with Crippen LogP contribution in [0, 0.1) is 0 Å². The lowest BCUT2D eigenvalue weighted by molar-refractivity contribution is -0.122. The molecule has 1 aliphatic rings. The van der Waals surface area contributed by atoms with Crippen LogP contribution in [0.15, 0.2) is 0 Å². The molecule has 0 bridgehead atoms. The quantitative estimate of drug-likeness (QED) is 0.724. The monoisotopic (exact) mass is 183 g/mol. The molecule has 76 valence electrons. The van der Waals surface area contributed by atoms with Crippen LogP contribution in [0.1, 0.15) is 52.4 Å². The van der Waals surface area contributed by atoms with Gasteiger partial charge in [-0.3, -0.25) is 4.79 Å². The number of nitrogens with one attached hydrogen (secondary N) is 1. The molecular formula is C11H21NO. The first-order valence-electron chi connectivity index (χ1n) is 5.52. The normalized spacial score (nSPS) is 28.8. The minimum Gasteiger partial charge on any atom is -0.305 e. The molecule has 0 aromatic rings. The van der Waals surface area contributed by atoms with Gasteiger partial charge in [0.1, 0.15) is 5.78 Å². The number of hydrogen-bond donors (Lipinski definition) is 1. The van der Waals surface area contributed by atoms with Crippen molar-refractivity contribution in [3.05, 3.63) is 0 Å². The fraction of sp³-hybridized carbons (Fsp3) is 0.909. The van der Waals surface area contributed by atoms with Gasteiger partial charge in [0, 0.05) is 12.5 Å². The number of unbranched alkanes of at least 4 members (excludes halogenated alkanes) is 1. The maximum Gasteiger partial charge on any atom is 0.149 e. The first-order chi connectivity index (χ1) is 6.24. The second-order valence-electron chi connectivity index (χ2n) is 4.12. The summed E-state index contributed by atoms with van der Waals surface area (Å²) in [6.07, 6.45) is 6.40. The SMILES string of the molecule is CCCCC(=O)C1CCCC(C)N1. The van der Waals surface area contributed by atoms with Crippen molar-refractivity contribution in [2.45, 2.75) is 64.5 Å². The molecule has 2 atom stereocenters. The van der Waals surface area contributed by atoms with E-state index in [1.807, 2.05) is 0 Å². The van der Waals surface area contributed by atoms with Crippen LogP contribution in [0.2, 0.25) is 0 Å². The van der Waals surface area contributed by atoms with Crippen molar-refractivity contribution < 1.29 is 4.79 Å². The third-order valence-corrected chi connectivity index (χ3v) is 2.78. The smallest absolute Gasteiger partial charge is 0.149 e. The van der Waals surface area contributed by atoms with Crippen LogP contribution in [-0.2, 0) is 4.79 Å². The van der Waals surface area contributed by atoms with Gasteiger partial charge in [-0.2, -0.15) is 0 Å². The Labute approximate surface area is 81.1 Å². The molecule has 0 saturated carbocycles. The van der Waals surface area contributed by atoms with Gasteiger partial charge in [-0.05, 0) is 32.6 Å². The fourth-order valence-corrected chi connectivity index (χ4v) is 1.92. The average molecular weight is 183 g/mol. The Balaban J connectivity index is 2.28. The van der Waals surface area contributed by atoms with Crippen molar-refractivity contribution in [2.75, 3.05) is 0 Å². The van der Waals surface area contributed by atoms with Crippen LogP contribution >= 0.6 is 0 Å². The number of piperidine rings is 1. The summed E-state index contributed by atoms with van der Waals surface area (Å²) in [7, 11) is 0. The average Bonchev–Trinajstić information content (AvgIpc) is 2.14. The highest BCUT2D eigenvalue weighted by Gasteiger charge is 2.22. The van der Waals surface area contributed by atoms with Gasteiger partial charge in [0.05, 0.1) is 6.04 Å². The summed E-state index contributed by atoms with van der Waals surface area (Å²) in [4.78, 5) is 11.6. The number of rotatable bonds is 4. The topological polar surface area (TPSA) is 29.1 Å². The van der Waals surface area contributed by atoms with Gasteiger partial charge in [0.25, 0.3) is 0 Å². The van der Waals surface area contributed by atoms with Crippen molar-refractivity contribution in [1.29, 1.82) is 0 Å². The van der Waals surface area contributed by atoms with Gasteiger partial charge in [0.15, 0.2) is 0 Å². The number of carbonyl (C=O) groups excluding carboxylic acids is 1.